The molecule has 3 heterocycles. The molecule has 6 rings (SSSR count). The highest BCUT2D eigenvalue weighted by Crippen LogP contribution is 2.51. The van der Waals surface area contributed by atoms with E-state index in [0.717, 1.165) is 32.2 Å². The van der Waals surface area contributed by atoms with Gasteiger partial charge >= 0.3 is 0 Å². The highest BCUT2D eigenvalue weighted by Gasteiger charge is 2.59. The zero-order valence-electron chi connectivity index (χ0n) is 27.3. The second-order valence-electron chi connectivity index (χ2n) is 12.9. The van der Waals surface area contributed by atoms with Gasteiger partial charge in [0.15, 0.2) is 17.9 Å². The lowest BCUT2D eigenvalue weighted by Crippen LogP contribution is -2.69. The molecule has 0 radical (unpaired) electrons. The molecule has 0 fully saturated rings. The zero-order valence-corrected chi connectivity index (χ0v) is 27.3. The molecule has 0 aliphatic carbocycles. The Labute approximate surface area is 265 Å². The smallest absolute Gasteiger partial charge is 0.198 e. The summed E-state index contributed by atoms with van der Waals surface area (Å²) in [4.78, 5) is 0. The zero-order chi connectivity index (χ0) is 30.7. The third kappa shape index (κ3) is 5.09. The van der Waals surface area contributed by atoms with E-state index in [-0.39, 0.29) is 11.0 Å². The van der Waals surface area contributed by atoms with E-state index < -0.39 is 0 Å². The molecule has 5 aromatic rings. The topological polar surface area (TPSA) is 7.76 Å². The van der Waals surface area contributed by atoms with Crippen molar-refractivity contribution in [2.24, 2.45) is 0 Å². The molecule has 0 bridgehead atoms. The molecule has 1 aliphatic rings. The summed E-state index contributed by atoms with van der Waals surface area (Å²) in [6.07, 6.45) is 11.6. The van der Waals surface area contributed by atoms with Crippen LogP contribution < -0.4 is 9.13 Å². The minimum atomic E-state index is -0.0545. The maximum atomic E-state index is 2.68. The maximum absolute atomic E-state index is 2.68. The Morgan fingerprint density at radius 1 is 0.682 bits per heavy atom. The molecule has 2 unspecified atom stereocenters. The summed E-state index contributed by atoms with van der Waals surface area (Å²) >= 11 is 0. The van der Waals surface area contributed by atoms with E-state index in [1.54, 1.807) is 0 Å². The number of aromatic nitrogens is 2. The quantitative estimate of drug-likeness (QED) is 0.145. The summed E-state index contributed by atoms with van der Waals surface area (Å²) < 4.78 is 5.19. The number of rotatable bonds is 10. The second-order valence-corrected chi connectivity index (χ2v) is 12.9. The minimum Gasteiger partial charge on any atom is -0.198 e. The van der Waals surface area contributed by atoms with Crippen LogP contribution in [0.15, 0.2) is 116 Å². The van der Waals surface area contributed by atoms with E-state index in [1.807, 2.05) is 0 Å². The Morgan fingerprint density at radius 3 is 2.14 bits per heavy atom. The fourth-order valence-corrected chi connectivity index (χ4v) is 7.94. The van der Waals surface area contributed by atoms with E-state index in [0.29, 0.717) is 0 Å². The van der Waals surface area contributed by atoms with Crippen molar-refractivity contribution in [3.8, 4) is 33.6 Å². The molecule has 0 saturated carbocycles. The van der Waals surface area contributed by atoms with Gasteiger partial charge in [-0.15, -0.1) is 0 Å². The first-order valence-corrected chi connectivity index (χ1v) is 16.8. The number of hydrogen-bond donors (Lipinski definition) is 0. The monoisotopic (exact) mass is 580 g/mol. The van der Waals surface area contributed by atoms with Gasteiger partial charge in [-0.3, -0.25) is 0 Å². The number of hydrogen-bond acceptors (Lipinski definition) is 0. The van der Waals surface area contributed by atoms with E-state index in [1.165, 1.54) is 63.2 Å². The average molecular weight is 581 g/mol. The average Bonchev–Trinajstić information content (AvgIpc) is 3.08. The van der Waals surface area contributed by atoms with Gasteiger partial charge in [0.2, 0.25) is 11.4 Å². The van der Waals surface area contributed by atoms with Crippen molar-refractivity contribution in [2.45, 2.75) is 90.6 Å². The SMILES string of the molecule is CCCCc1ccc2[n+](c1)C(C)(CC)C(CC)(CC[n+]1ccc(-c3ccccc3)cc1-c1ccccc1C)c1ccccc1-2. The third-order valence-corrected chi connectivity index (χ3v) is 10.7. The lowest BCUT2D eigenvalue weighted by molar-refractivity contribution is -0.769. The lowest BCUT2D eigenvalue weighted by atomic mass is 9.58. The molecule has 0 spiro atoms. The number of benzene rings is 3. The summed E-state index contributed by atoms with van der Waals surface area (Å²) in [6, 6.07) is 38.3. The molecule has 2 aromatic heterocycles. The van der Waals surface area contributed by atoms with Gasteiger partial charge in [-0.1, -0.05) is 93.9 Å². The van der Waals surface area contributed by atoms with Crippen LogP contribution in [-0.2, 0) is 23.9 Å². The summed E-state index contributed by atoms with van der Waals surface area (Å²) in [5.41, 5.74) is 12.0. The van der Waals surface area contributed by atoms with Crippen LogP contribution in [0, 0.1) is 6.92 Å². The molecule has 2 atom stereocenters. The van der Waals surface area contributed by atoms with Crippen molar-refractivity contribution in [2.75, 3.05) is 0 Å². The van der Waals surface area contributed by atoms with Crippen molar-refractivity contribution in [1.82, 2.24) is 0 Å². The highest BCUT2D eigenvalue weighted by molar-refractivity contribution is 5.70. The Balaban J connectivity index is 1.48. The molecule has 0 amide bonds. The molecule has 3 aromatic carbocycles. The molecule has 0 N–H and O–H groups in total. The van der Waals surface area contributed by atoms with Gasteiger partial charge in [0, 0.05) is 49.1 Å². The van der Waals surface area contributed by atoms with E-state index in [2.05, 4.69) is 159 Å². The first-order valence-electron chi connectivity index (χ1n) is 16.8. The van der Waals surface area contributed by atoms with Gasteiger partial charge < -0.3 is 0 Å². The van der Waals surface area contributed by atoms with E-state index >= 15 is 0 Å². The Hall–Kier alpha value is -4.04. The normalized spacial score (nSPS) is 18.9. The van der Waals surface area contributed by atoms with Crippen LogP contribution in [0.3, 0.4) is 0 Å². The Morgan fingerprint density at radius 2 is 1.41 bits per heavy atom. The fourth-order valence-electron chi connectivity index (χ4n) is 7.94. The van der Waals surface area contributed by atoms with Crippen LogP contribution in [0.25, 0.3) is 33.6 Å². The van der Waals surface area contributed by atoms with Crippen molar-refractivity contribution < 1.29 is 9.13 Å². The number of nitrogens with zero attached hydrogens (tertiary/aromatic N) is 2. The number of fused-ring (bicyclic) bond motifs is 3. The largest absolute Gasteiger partial charge is 0.213 e. The standard InChI is InChI=1S/C42H48N2/c1-6-9-18-33-24-25-39-37-22-15-16-23-38(37)42(8-3,41(5,7-2)44(39)31-33)27-29-43-28-26-35(34-19-11-10-12-20-34)30-40(43)36-21-14-13-17-32(36)4/h10-17,19-26,28,30-31H,6-9,18,27,29H2,1-5H3/q+2. The van der Waals surface area contributed by atoms with Crippen LogP contribution in [0.2, 0.25) is 0 Å². The van der Waals surface area contributed by atoms with Crippen LogP contribution in [0.5, 0.6) is 0 Å². The van der Waals surface area contributed by atoms with E-state index in [9.17, 15) is 0 Å². The summed E-state index contributed by atoms with van der Waals surface area (Å²) in [5.74, 6) is 0. The summed E-state index contributed by atoms with van der Waals surface area (Å²) in [5, 5.41) is 0. The van der Waals surface area contributed by atoms with Crippen LogP contribution >= 0.6 is 0 Å². The third-order valence-electron chi connectivity index (χ3n) is 10.7. The molecule has 2 heteroatoms. The van der Waals surface area contributed by atoms with Gasteiger partial charge in [-0.25, -0.2) is 0 Å². The summed E-state index contributed by atoms with van der Waals surface area (Å²) in [7, 11) is 0. The van der Waals surface area contributed by atoms with E-state index in [4.69, 9.17) is 0 Å². The second kappa shape index (κ2) is 12.5. The first-order chi connectivity index (χ1) is 21.5. The fraction of sp³-hybridized carbons (Fsp3) is 0.333. The highest BCUT2D eigenvalue weighted by atomic mass is 15.1. The van der Waals surface area contributed by atoms with Crippen LogP contribution in [0.1, 0.15) is 76.5 Å². The molecule has 1 aliphatic heterocycles. The van der Waals surface area contributed by atoms with Gasteiger partial charge in [0.05, 0.1) is 11.0 Å². The van der Waals surface area contributed by atoms with Gasteiger partial charge in [-0.2, -0.15) is 9.13 Å². The molecule has 2 nitrogen and oxygen atoms in total. The van der Waals surface area contributed by atoms with Crippen molar-refractivity contribution in [1.29, 1.82) is 0 Å². The Bertz CT molecular complexity index is 1750. The van der Waals surface area contributed by atoms with Crippen molar-refractivity contribution in [3.63, 3.8) is 0 Å². The predicted octanol–water partition coefficient (Wildman–Crippen LogP) is 9.79. The van der Waals surface area contributed by atoms with Gasteiger partial charge in [0.25, 0.3) is 0 Å². The van der Waals surface area contributed by atoms with Crippen molar-refractivity contribution >= 4 is 0 Å². The predicted molar refractivity (Wildman–Crippen MR) is 183 cm³/mol. The Kier molecular flexibility index (Phi) is 8.54. The first kappa shape index (κ1) is 30.0. The molecule has 44 heavy (non-hydrogen) atoms. The van der Waals surface area contributed by atoms with Crippen LogP contribution in [-0.4, -0.2) is 0 Å². The number of aryl methyl sites for hydroxylation is 3. The van der Waals surface area contributed by atoms with Gasteiger partial charge in [0.1, 0.15) is 6.54 Å². The number of pyridine rings is 2. The molecular formula is C42H48N2+2. The molecule has 224 valence electrons. The maximum Gasteiger partial charge on any atom is 0.213 e. The van der Waals surface area contributed by atoms with Crippen LogP contribution in [0.4, 0.5) is 0 Å². The molecular weight excluding hydrogens is 532 g/mol. The van der Waals surface area contributed by atoms with Crippen molar-refractivity contribution in [3.05, 3.63) is 132 Å². The van der Waals surface area contributed by atoms with Gasteiger partial charge in [-0.05, 0) is 66.6 Å². The minimum absolute atomic E-state index is 0.0203. The lowest BCUT2D eigenvalue weighted by Gasteiger charge is -2.48. The molecule has 0 saturated heterocycles. The number of unbranched alkanes of at least 4 members (excludes halogenated alkanes) is 1. The summed E-state index contributed by atoms with van der Waals surface area (Å²) in [6.45, 7) is 12.8.